The van der Waals surface area contributed by atoms with Crippen molar-refractivity contribution in [2.24, 2.45) is 0 Å². The average molecular weight is 332 g/mol. The van der Waals surface area contributed by atoms with Crippen LogP contribution >= 0.6 is 0 Å². The number of pyridine rings is 2. The molecule has 4 aromatic rings. The minimum Gasteiger partial charge on any atom is -0.299 e. The van der Waals surface area contributed by atoms with Gasteiger partial charge in [0.05, 0.1) is 11.7 Å². The summed E-state index contributed by atoms with van der Waals surface area (Å²) in [5.74, 6) is 1.59. The summed E-state index contributed by atoms with van der Waals surface area (Å²) in [7, 11) is 0. The van der Waals surface area contributed by atoms with Crippen LogP contribution in [0.2, 0.25) is 0 Å². The topological polar surface area (TPSA) is 50.7 Å². The van der Waals surface area contributed by atoms with Gasteiger partial charge in [0, 0.05) is 30.4 Å². The SMILES string of the molecule is c1ccn2ncc(CN3CCC(c4nnc5ccccn45)CC3)c2c1. The van der Waals surface area contributed by atoms with Crippen LogP contribution in [-0.4, -0.2) is 42.2 Å². The summed E-state index contributed by atoms with van der Waals surface area (Å²) >= 11 is 0. The molecule has 25 heavy (non-hydrogen) atoms. The first-order valence-electron chi connectivity index (χ1n) is 8.82. The van der Waals surface area contributed by atoms with Crippen molar-refractivity contribution in [2.75, 3.05) is 13.1 Å². The first-order chi connectivity index (χ1) is 12.4. The standard InChI is InChI=1S/C19H20N6/c1-4-10-25-17(5-1)16(13-20-25)14-23-11-7-15(8-12-23)19-22-21-18-6-2-3-9-24(18)19/h1-6,9-10,13,15H,7-8,11-12,14H2. The third kappa shape index (κ3) is 2.59. The summed E-state index contributed by atoms with van der Waals surface area (Å²) in [6.45, 7) is 3.12. The van der Waals surface area contributed by atoms with Crippen LogP contribution in [0.25, 0.3) is 11.2 Å². The fraction of sp³-hybridized carbons (Fsp3) is 0.316. The van der Waals surface area contributed by atoms with Crippen molar-refractivity contribution in [1.29, 1.82) is 0 Å². The van der Waals surface area contributed by atoms with Crippen molar-refractivity contribution < 1.29 is 0 Å². The normalized spacial score (nSPS) is 16.8. The molecule has 0 aliphatic carbocycles. The Morgan fingerprint density at radius 3 is 2.72 bits per heavy atom. The predicted molar refractivity (Wildman–Crippen MR) is 95.4 cm³/mol. The van der Waals surface area contributed by atoms with Crippen molar-refractivity contribution in [3.8, 4) is 0 Å². The molecule has 0 unspecified atom stereocenters. The van der Waals surface area contributed by atoms with Gasteiger partial charge in [-0.05, 0) is 50.2 Å². The second-order valence-electron chi connectivity index (χ2n) is 6.74. The zero-order chi connectivity index (χ0) is 16.6. The van der Waals surface area contributed by atoms with Crippen LogP contribution in [-0.2, 0) is 6.54 Å². The van der Waals surface area contributed by atoms with Crippen molar-refractivity contribution in [2.45, 2.75) is 25.3 Å². The molecule has 6 nitrogen and oxygen atoms in total. The third-order valence-corrected chi connectivity index (χ3v) is 5.19. The molecule has 126 valence electrons. The fourth-order valence-electron chi connectivity index (χ4n) is 3.84. The highest BCUT2D eigenvalue weighted by Crippen LogP contribution is 2.28. The molecular weight excluding hydrogens is 312 g/mol. The third-order valence-electron chi connectivity index (χ3n) is 5.19. The molecule has 1 saturated heterocycles. The summed E-state index contributed by atoms with van der Waals surface area (Å²) in [6.07, 6.45) is 8.30. The Bertz CT molecular complexity index is 1010. The lowest BCUT2D eigenvalue weighted by atomic mass is 9.95. The molecule has 5 heterocycles. The van der Waals surface area contributed by atoms with Crippen LogP contribution in [0.1, 0.15) is 30.1 Å². The minimum absolute atomic E-state index is 0.484. The van der Waals surface area contributed by atoms with Gasteiger partial charge in [0.1, 0.15) is 5.82 Å². The van der Waals surface area contributed by atoms with Crippen LogP contribution in [0.4, 0.5) is 0 Å². The Kier molecular flexibility index (Phi) is 3.48. The van der Waals surface area contributed by atoms with Crippen LogP contribution in [0.15, 0.2) is 55.0 Å². The molecule has 0 N–H and O–H groups in total. The molecule has 1 fully saturated rings. The monoisotopic (exact) mass is 332 g/mol. The summed E-state index contributed by atoms with van der Waals surface area (Å²) in [5.41, 5.74) is 3.44. The zero-order valence-electron chi connectivity index (χ0n) is 14.0. The van der Waals surface area contributed by atoms with Gasteiger partial charge in [-0.15, -0.1) is 10.2 Å². The van der Waals surface area contributed by atoms with E-state index in [4.69, 9.17) is 0 Å². The van der Waals surface area contributed by atoms with E-state index in [1.807, 2.05) is 41.2 Å². The first-order valence-corrected chi connectivity index (χ1v) is 8.82. The Morgan fingerprint density at radius 2 is 1.80 bits per heavy atom. The number of aromatic nitrogens is 5. The molecule has 1 aliphatic rings. The second kappa shape index (κ2) is 5.97. The summed E-state index contributed by atoms with van der Waals surface area (Å²) in [6, 6.07) is 12.3. The van der Waals surface area contributed by atoms with Gasteiger partial charge >= 0.3 is 0 Å². The number of hydrogen-bond donors (Lipinski definition) is 0. The van der Waals surface area contributed by atoms with Crippen molar-refractivity contribution in [3.05, 3.63) is 66.4 Å². The van der Waals surface area contributed by atoms with Crippen LogP contribution in [0.3, 0.4) is 0 Å². The summed E-state index contributed by atoms with van der Waals surface area (Å²) in [4.78, 5) is 2.52. The van der Waals surface area contributed by atoms with E-state index in [2.05, 4.69) is 42.9 Å². The van der Waals surface area contributed by atoms with Crippen LogP contribution in [0.5, 0.6) is 0 Å². The van der Waals surface area contributed by atoms with Gasteiger partial charge in [-0.25, -0.2) is 4.52 Å². The van der Waals surface area contributed by atoms with Crippen LogP contribution in [0, 0.1) is 0 Å². The highest BCUT2D eigenvalue weighted by molar-refractivity contribution is 5.53. The number of likely N-dealkylation sites (tertiary alicyclic amines) is 1. The lowest BCUT2D eigenvalue weighted by Crippen LogP contribution is -2.33. The molecule has 1 aliphatic heterocycles. The van der Waals surface area contributed by atoms with Gasteiger partial charge < -0.3 is 0 Å². The van der Waals surface area contributed by atoms with E-state index in [0.29, 0.717) is 5.92 Å². The van der Waals surface area contributed by atoms with E-state index in [1.165, 1.54) is 11.1 Å². The molecule has 0 radical (unpaired) electrons. The summed E-state index contributed by atoms with van der Waals surface area (Å²) < 4.78 is 4.08. The molecule has 0 saturated carbocycles. The molecule has 0 aromatic carbocycles. The van der Waals surface area contributed by atoms with E-state index in [0.717, 1.165) is 43.9 Å². The van der Waals surface area contributed by atoms with E-state index in [-0.39, 0.29) is 0 Å². The lowest BCUT2D eigenvalue weighted by molar-refractivity contribution is 0.202. The van der Waals surface area contributed by atoms with E-state index < -0.39 is 0 Å². The smallest absolute Gasteiger partial charge is 0.160 e. The molecule has 0 atom stereocenters. The Morgan fingerprint density at radius 1 is 0.960 bits per heavy atom. The molecule has 4 aromatic heterocycles. The summed E-state index contributed by atoms with van der Waals surface area (Å²) in [5, 5.41) is 13.2. The van der Waals surface area contributed by atoms with Gasteiger partial charge in [-0.2, -0.15) is 5.10 Å². The number of rotatable bonds is 3. The molecule has 6 heteroatoms. The first kappa shape index (κ1) is 14.6. The van der Waals surface area contributed by atoms with Crippen molar-refractivity contribution in [3.63, 3.8) is 0 Å². The Hall–Kier alpha value is -2.73. The van der Waals surface area contributed by atoms with Gasteiger partial charge in [0.15, 0.2) is 5.65 Å². The van der Waals surface area contributed by atoms with Crippen molar-refractivity contribution in [1.82, 2.24) is 29.1 Å². The van der Waals surface area contributed by atoms with E-state index >= 15 is 0 Å². The zero-order valence-corrected chi connectivity index (χ0v) is 14.0. The maximum Gasteiger partial charge on any atom is 0.160 e. The van der Waals surface area contributed by atoms with E-state index in [9.17, 15) is 0 Å². The molecule has 0 amide bonds. The number of fused-ring (bicyclic) bond motifs is 2. The predicted octanol–water partition coefficient (Wildman–Crippen LogP) is 2.76. The molecular formula is C19H20N6. The molecule has 0 spiro atoms. The second-order valence-corrected chi connectivity index (χ2v) is 6.74. The maximum atomic E-state index is 4.44. The highest BCUT2D eigenvalue weighted by atomic mass is 15.3. The lowest BCUT2D eigenvalue weighted by Gasteiger charge is -2.30. The highest BCUT2D eigenvalue weighted by Gasteiger charge is 2.24. The van der Waals surface area contributed by atoms with Gasteiger partial charge in [0.2, 0.25) is 0 Å². The Balaban J connectivity index is 1.30. The average Bonchev–Trinajstić information content (AvgIpc) is 3.27. The van der Waals surface area contributed by atoms with E-state index in [1.54, 1.807) is 0 Å². The van der Waals surface area contributed by atoms with Gasteiger partial charge in [-0.3, -0.25) is 9.30 Å². The largest absolute Gasteiger partial charge is 0.299 e. The molecule has 5 rings (SSSR count). The Labute approximate surface area is 145 Å². The minimum atomic E-state index is 0.484. The van der Waals surface area contributed by atoms with Gasteiger partial charge in [-0.1, -0.05) is 12.1 Å². The maximum absolute atomic E-state index is 4.44. The van der Waals surface area contributed by atoms with Crippen molar-refractivity contribution >= 4 is 11.2 Å². The number of piperidine rings is 1. The quantitative estimate of drug-likeness (QED) is 0.579. The number of nitrogens with zero attached hydrogens (tertiary/aromatic N) is 6. The van der Waals surface area contributed by atoms with Gasteiger partial charge in [0.25, 0.3) is 0 Å². The molecule has 0 bridgehead atoms. The van der Waals surface area contributed by atoms with Crippen LogP contribution < -0.4 is 0 Å². The number of hydrogen-bond acceptors (Lipinski definition) is 4. The fourth-order valence-corrected chi connectivity index (χ4v) is 3.84.